The number of aliphatic hydroxyl groups excluding tert-OH is 1. The summed E-state index contributed by atoms with van der Waals surface area (Å²) in [4.78, 5) is 7.24. The van der Waals surface area contributed by atoms with Crippen molar-refractivity contribution < 1.29 is 5.11 Å². The average Bonchev–Trinajstić information content (AvgIpc) is 3.01. The number of rotatable bonds is 8. The van der Waals surface area contributed by atoms with Crippen molar-refractivity contribution in [3.63, 3.8) is 0 Å². The summed E-state index contributed by atoms with van der Waals surface area (Å²) in [5.41, 5.74) is 0.890. The minimum absolute atomic E-state index is 0.0827. The first-order valence-corrected chi connectivity index (χ1v) is 6.07. The molecule has 0 spiro atoms. The predicted octanol–water partition coefficient (Wildman–Crippen LogP) is -0.284. The van der Waals surface area contributed by atoms with Crippen LogP contribution >= 0.6 is 0 Å². The highest BCUT2D eigenvalue weighted by atomic mass is 16.3. The van der Waals surface area contributed by atoms with Gasteiger partial charge >= 0.3 is 0 Å². The van der Waals surface area contributed by atoms with Gasteiger partial charge in [0.1, 0.15) is 5.82 Å². The van der Waals surface area contributed by atoms with E-state index in [1.54, 1.807) is 10.9 Å². The normalized spacial score (nSPS) is 10.9. The smallest absolute Gasteiger partial charge is 0.106 e. The predicted molar refractivity (Wildman–Crippen MR) is 65.7 cm³/mol. The van der Waals surface area contributed by atoms with Gasteiger partial charge in [-0.1, -0.05) is 5.21 Å². The van der Waals surface area contributed by atoms with Crippen LogP contribution < -0.4 is 5.32 Å². The molecule has 3 N–H and O–H groups in total. The molecule has 0 aliphatic carbocycles. The van der Waals surface area contributed by atoms with Crippen LogP contribution in [0, 0.1) is 0 Å². The second-order valence-corrected chi connectivity index (χ2v) is 4.01. The molecule has 0 bridgehead atoms. The maximum atomic E-state index is 8.75. The van der Waals surface area contributed by atoms with Crippen LogP contribution in [0.1, 0.15) is 17.9 Å². The van der Waals surface area contributed by atoms with E-state index >= 15 is 0 Å². The van der Waals surface area contributed by atoms with Crippen LogP contribution in [-0.4, -0.2) is 43.2 Å². The zero-order chi connectivity index (χ0) is 12.6. The van der Waals surface area contributed by atoms with Crippen LogP contribution in [0.4, 0.5) is 0 Å². The van der Waals surface area contributed by atoms with Crippen molar-refractivity contribution in [1.29, 1.82) is 0 Å². The Morgan fingerprint density at radius 1 is 1.44 bits per heavy atom. The molecular formula is C11H18N6O. The fourth-order valence-electron chi connectivity index (χ4n) is 1.66. The van der Waals surface area contributed by atoms with E-state index in [0.29, 0.717) is 13.1 Å². The Bertz CT molecular complexity index is 438. The Morgan fingerprint density at radius 3 is 3.17 bits per heavy atom. The molecule has 7 nitrogen and oxygen atoms in total. The number of aromatic nitrogens is 5. The standard InChI is InChI=1S/C11H18N6O/c18-7-6-17-9-10(15-16-17)8-12-3-1-2-11-13-4-5-14-11/h4-5,9,12,18H,1-3,6-8H2,(H,13,14). The number of nitrogens with zero attached hydrogens (tertiary/aromatic N) is 4. The van der Waals surface area contributed by atoms with Gasteiger partial charge in [0.05, 0.1) is 18.8 Å². The first-order valence-electron chi connectivity index (χ1n) is 6.07. The molecule has 0 radical (unpaired) electrons. The minimum Gasteiger partial charge on any atom is -0.394 e. The molecule has 2 heterocycles. The first kappa shape index (κ1) is 12.7. The van der Waals surface area contributed by atoms with Gasteiger partial charge in [0, 0.05) is 31.6 Å². The Hall–Kier alpha value is -1.73. The number of hydrogen-bond donors (Lipinski definition) is 3. The first-order chi connectivity index (χ1) is 8.88. The highest BCUT2D eigenvalue weighted by Crippen LogP contribution is 1.95. The van der Waals surface area contributed by atoms with Crippen molar-refractivity contribution in [2.24, 2.45) is 0 Å². The summed E-state index contributed by atoms with van der Waals surface area (Å²) in [5, 5.41) is 20.0. The van der Waals surface area contributed by atoms with Gasteiger partial charge in [-0.05, 0) is 13.0 Å². The summed E-state index contributed by atoms with van der Waals surface area (Å²) in [5.74, 6) is 1.02. The van der Waals surface area contributed by atoms with Gasteiger partial charge < -0.3 is 15.4 Å². The van der Waals surface area contributed by atoms with Crippen molar-refractivity contribution in [1.82, 2.24) is 30.3 Å². The van der Waals surface area contributed by atoms with Crippen LogP contribution in [0.3, 0.4) is 0 Å². The van der Waals surface area contributed by atoms with Gasteiger partial charge in [-0.25, -0.2) is 9.67 Å². The summed E-state index contributed by atoms with van der Waals surface area (Å²) >= 11 is 0. The topological polar surface area (TPSA) is 91.7 Å². The van der Waals surface area contributed by atoms with Crippen LogP contribution in [0.2, 0.25) is 0 Å². The van der Waals surface area contributed by atoms with E-state index in [4.69, 9.17) is 5.11 Å². The minimum atomic E-state index is 0.0827. The summed E-state index contributed by atoms with van der Waals surface area (Å²) in [6, 6.07) is 0. The highest BCUT2D eigenvalue weighted by Gasteiger charge is 2.00. The monoisotopic (exact) mass is 250 g/mol. The Morgan fingerprint density at radius 2 is 2.39 bits per heavy atom. The third kappa shape index (κ3) is 3.94. The van der Waals surface area contributed by atoms with Crippen LogP contribution in [0.15, 0.2) is 18.6 Å². The summed E-state index contributed by atoms with van der Waals surface area (Å²) in [6.07, 6.45) is 7.41. The molecule has 2 rings (SSSR count). The van der Waals surface area contributed by atoms with E-state index in [0.717, 1.165) is 30.9 Å². The van der Waals surface area contributed by atoms with Crippen LogP contribution in [-0.2, 0) is 19.5 Å². The molecule has 0 saturated heterocycles. The molecular weight excluding hydrogens is 232 g/mol. The van der Waals surface area contributed by atoms with Crippen molar-refractivity contribution in [2.45, 2.75) is 25.9 Å². The van der Waals surface area contributed by atoms with Crippen LogP contribution in [0.25, 0.3) is 0 Å². The average molecular weight is 250 g/mol. The van der Waals surface area contributed by atoms with E-state index in [2.05, 4.69) is 25.6 Å². The summed E-state index contributed by atoms with van der Waals surface area (Å²) in [6.45, 7) is 2.18. The number of aryl methyl sites for hydroxylation is 1. The quantitative estimate of drug-likeness (QED) is 0.560. The van der Waals surface area contributed by atoms with Gasteiger partial charge in [-0.15, -0.1) is 5.10 Å². The van der Waals surface area contributed by atoms with Gasteiger partial charge in [-0.2, -0.15) is 0 Å². The fraction of sp³-hybridized carbons (Fsp3) is 0.545. The van der Waals surface area contributed by atoms with Gasteiger partial charge in [-0.3, -0.25) is 0 Å². The lowest BCUT2D eigenvalue weighted by molar-refractivity contribution is 0.268. The number of nitrogens with one attached hydrogen (secondary N) is 2. The number of aliphatic hydroxyl groups is 1. The molecule has 2 aromatic rings. The molecule has 98 valence electrons. The molecule has 0 aliphatic heterocycles. The molecule has 0 fully saturated rings. The number of aromatic amines is 1. The molecule has 18 heavy (non-hydrogen) atoms. The Labute approximate surface area is 105 Å². The maximum absolute atomic E-state index is 8.75. The SMILES string of the molecule is OCCn1cc(CNCCCc2ncc[nH]2)nn1. The molecule has 0 saturated carbocycles. The van der Waals surface area contributed by atoms with E-state index < -0.39 is 0 Å². The number of imidazole rings is 1. The van der Waals surface area contributed by atoms with E-state index in [9.17, 15) is 0 Å². The molecule has 0 unspecified atom stereocenters. The number of hydrogen-bond acceptors (Lipinski definition) is 5. The fourth-order valence-corrected chi connectivity index (χ4v) is 1.66. The molecule has 0 aliphatic rings. The van der Waals surface area contributed by atoms with Gasteiger partial charge in [0.25, 0.3) is 0 Å². The van der Waals surface area contributed by atoms with Gasteiger partial charge in [0.15, 0.2) is 0 Å². The maximum Gasteiger partial charge on any atom is 0.106 e. The lowest BCUT2D eigenvalue weighted by Crippen LogP contribution is -2.15. The Kier molecular flexibility index (Phi) is 4.86. The second kappa shape index (κ2) is 6.87. The summed E-state index contributed by atoms with van der Waals surface area (Å²) < 4.78 is 1.64. The lowest BCUT2D eigenvalue weighted by atomic mass is 10.3. The molecule has 0 aromatic carbocycles. The van der Waals surface area contributed by atoms with E-state index in [1.807, 2.05) is 12.4 Å². The molecule has 0 amide bonds. The van der Waals surface area contributed by atoms with E-state index in [1.165, 1.54) is 0 Å². The third-order valence-electron chi connectivity index (χ3n) is 2.54. The molecule has 0 atom stereocenters. The van der Waals surface area contributed by atoms with Crippen molar-refractivity contribution in [3.8, 4) is 0 Å². The Balaban J connectivity index is 1.59. The zero-order valence-electron chi connectivity index (χ0n) is 10.2. The van der Waals surface area contributed by atoms with Crippen molar-refractivity contribution in [3.05, 3.63) is 30.1 Å². The third-order valence-corrected chi connectivity index (χ3v) is 2.54. The largest absolute Gasteiger partial charge is 0.394 e. The highest BCUT2D eigenvalue weighted by molar-refractivity contribution is 4.91. The number of H-pyrrole nitrogens is 1. The van der Waals surface area contributed by atoms with Crippen molar-refractivity contribution in [2.75, 3.05) is 13.2 Å². The van der Waals surface area contributed by atoms with Crippen molar-refractivity contribution >= 4 is 0 Å². The molecule has 7 heteroatoms. The van der Waals surface area contributed by atoms with Crippen LogP contribution in [0.5, 0.6) is 0 Å². The van der Waals surface area contributed by atoms with Gasteiger partial charge in [0.2, 0.25) is 0 Å². The molecule has 2 aromatic heterocycles. The zero-order valence-corrected chi connectivity index (χ0v) is 10.2. The second-order valence-electron chi connectivity index (χ2n) is 4.01. The van der Waals surface area contributed by atoms with E-state index in [-0.39, 0.29) is 6.61 Å². The lowest BCUT2D eigenvalue weighted by Gasteiger charge is -2.00. The summed E-state index contributed by atoms with van der Waals surface area (Å²) in [7, 11) is 0.